The topological polar surface area (TPSA) is 36.0 Å². The minimum absolute atomic E-state index is 0.312. The molecule has 68 valence electrons. The van der Waals surface area contributed by atoms with Crippen LogP contribution in [0.5, 0.6) is 0 Å². The van der Waals surface area contributed by atoms with Gasteiger partial charge in [0.15, 0.2) is 0 Å². The molecule has 0 saturated carbocycles. The van der Waals surface area contributed by atoms with E-state index in [0.29, 0.717) is 0 Å². The van der Waals surface area contributed by atoms with Crippen LogP contribution in [0.25, 0.3) is 0 Å². The first kappa shape index (κ1) is 11.4. The third-order valence-corrected chi connectivity index (χ3v) is 14.6. The first-order chi connectivity index (χ1) is 5.57. The predicted molar refractivity (Wildman–Crippen MR) is 66.7 cm³/mol. The van der Waals surface area contributed by atoms with E-state index in [1.54, 1.807) is 0 Å². The molecule has 2 nitrogen and oxygen atoms in total. The lowest BCUT2D eigenvalue weighted by atomic mass is 10.3. The maximum atomic E-state index is 11.5. The van der Waals surface area contributed by atoms with Gasteiger partial charge < -0.3 is 4.55 Å². The molecule has 0 spiro atoms. The molecule has 0 aromatic carbocycles. The maximum absolute atomic E-state index is 11.5. The first-order valence-electron chi connectivity index (χ1n) is 3.27. The molecule has 0 saturated heterocycles. The van der Waals surface area contributed by atoms with E-state index in [4.69, 9.17) is 0 Å². The molecule has 0 radical (unpaired) electrons. The average molecular weight is 257 g/mol. The monoisotopic (exact) mass is 257 g/mol. The summed E-state index contributed by atoms with van der Waals surface area (Å²) in [5, 5.41) is 0. The van der Waals surface area contributed by atoms with E-state index in [1.807, 2.05) is 13.8 Å². The van der Waals surface area contributed by atoms with Crippen molar-refractivity contribution in [2.75, 3.05) is 0 Å². The highest BCUT2D eigenvalue weighted by molar-refractivity contribution is 8.64. The largest absolute Gasteiger partial charge is 0.568 e. The minimum atomic E-state index is -1.08. The van der Waals surface area contributed by atoms with Gasteiger partial charge in [0.1, 0.15) is 5.69 Å². The molecular weight excluding hydrogens is 246 g/mol. The van der Waals surface area contributed by atoms with Crippen molar-refractivity contribution in [1.82, 2.24) is 4.37 Å². The van der Waals surface area contributed by atoms with Gasteiger partial charge in [-0.2, -0.15) is 0 Å². The number of aromatic nitrogens is 1. The van der Waals surface area contributed by atoms with Gasteiger partial charge in [-0.1, -0.05) is 16.9 Å². The van der Waals surface area contributed by atoms with Crippen molar-refractivity contribution in [2.24, 2.45) is 0 Å². The molecule has 5 atom stereocenters. The van der Waals surface area contributed by atoms with E-state index >= 15 is 0 Å². The molecule has 0 aliphatic carbocycles. The zero-order chi connectivity index (χ0) is 9.30. The van der Waals surface area contributed by atoms with Crippen LogP contribution in [0.15, 0.2) is 0 Å². The van der Waals surface area contributed by atoms with E-state index in [0.717, 1.165) is 23.8 Å². The van der Waals surface area contributed by atoms with Gasteiger partial charge in [-0.3, -0.25) is 0 Å². The van der Waals surface area contributed by atoms with Crippen molar-refractivity contribution in [3.8, 4) is 0 Å². The summed E-state index contributed by atoms with van der Waals surface area (Å²) in [7, 11) is 4.84. The second-order valence-electron chi connectivity index (χ2n) is 2.36. The minimum Gasteiger partial charge on any atom is -0.568 e. The van der Waals surface area contributed by atoms with E-state index < -0.39 is 10.9 Å². The maximum Gasteiger partial charge on any atom is 0.207 e. The summed E-state index contributed by atoms with van der Waals surface area (Å²) in [5.74, 6) is 0. The molecule has 1 aromatic rings. The predicted octanol–water partition coefficient (Wildman–Crippen LogP) is 2.71. The van der Waals surface area contributed by atoms with Crippen LogP contribution < -0.4 is 4.62 Å². The quantitative estimate of drug-likeness (QED) is 0.603. The fourth-order valence-electron chi connectivity index (χ4n) is 0.845. The van der Waals surface area contributed by atoms with Crippen molar-refractivity contribution in [1.29, 1.82) is 0 Å². The second-order valence-corrected chi connectivity index (χ2v) is 12.8. The molecule has 0 fully saturated rings. The molecule has 1 aromatic heterocycles. The van der Waals surface area contributed by atoms with Gasteiger partial charge in [0.05, 0.1) is 10.9 Å². The zero-order valence-electron chi connectivity index (χ0n) is 6.87. The van der Waals surface area contributed by atoms with Crippen molar-refractivity contribution < 1.29 is 4.55 Å². The van der Waals surface area contributed by atoms with Crippen molar-refractivity contribution in [3.05, 3.63) is 11.3 Å². The van der Waals surface area contributed by atoms with Gasteiger partial charge in [0.25, 0.3) is 0 Å². The van der Waals surface area contributed by atoms with Gasteiger partial charge >= 0.3 is 0 Å². The molecule has 0 aliphatic heterocycles. The summed E-state index contributed by atoms with van der Waals surface area (Å²) in [6.07, 6.45) is 0. The second kappa shape index (κ2) is 4.70. The SMILES string of the molecule is Cc1n[s+]([O-])c(P(P)PP)c1C. The Kier molecular flexibility index (Phi) is 4.46. The highest BCUT2D eigenvalue weighted by Gasteiger charge is 2.21. The smallest absolute Gasteiger partial charge is 0.207 e. The van der Waals surface area contributed by atoms with Gasteiger partial charge in [-0.05, 0) is 18.2 Å². The van der Waals surface area contributed by atoms with Crippen molar-refractivity contribution >= 4 is 48.7 Å². The fourth-order valence-corrected chi connectivity index (χ4v) is 8.59. The van der Waals surface area contributed by atoms with Crippen LogP contribution in [0, 0.1) is 13.8 Å². The molecule has 12 heavy (non-hydrogen) atoms. The molecule has 0 bridgehead atoms. The van der Waals surface area contributed by atoms with Crippen LogP contribution in [0.4, 0.5) is 0 Å². The average Bonchev–Trinajstić information content (AvgIpc) is 2.26. The number of nitrogens with zero attached hydrogens (tertiary/aromatic N) is 1. The Bertz CT molecular complexity index is 289. The summed E-state index contributed by atoms with van der Waals surface area (Å²) in [6, 6.07) is 0. The summed E-state index contributed by atoms with van der Waals surface area (Å²) < 4.78 is 16.5. The van der Waals surface area contributed by atoms with Crippen LogP contribution in [0.3, 0.4) is 0 Å². The number of rotatable bonds is 2. The lowest BCUT2D eigenvalue weighted by Gasteiger charge is -2.03. The summed E-state index contributed by atoms with van der Waals surface area (Å²) >= 11 is 0. The van der Waals surface area contributed by atoms with E-state index in [-0.39, 0.29) is 7.30 Å². The Labute approximate surface area is 82.9 Å². The Hall–Kier alpha value is 1.31. The molecule has 1 heterocycles. The van der Waals surface area contributed by atoms with Crippen LogP contribution >= 0.6 is 44.1 Å². The van der Waals surface area contributed by atoms with Gasteiger partial charge in [-0.15, -0.1) is 8.93 Å². The molecule has 0 aliphatic rings. The summed E-state index contributed by atoms with van der Waals surface area (Å²) in [4.78, 5) is 0. The van der Waals surface area contributed by atoms with Crippen LogP contribution in [-0.4, -0.2) is 8.93 Å². The normalized spacial score (nSPS) is 15.9. The highest BCUT2D eigenvalue weighted by Crippen LogP contribution is 2.66. The van der Waals surface area contributed by atoms with Crippen LogP contribution in [0.2, 0.25) is 0 Å². The highest BCUT2D eigenvalue weighted by atomic mass is 32.6. The molecule has 5 unspecified atom stereocenters. The molecule has 0 amide bonds. The Morgan fingerprint density at radius 2 is 2.17 bits per heavy atom. The molecule has 7 heteroatoms. The molecule has 1 rings (SSSR count). The number of hydrogen-bond donors (Lipinski definition) is 0. The lowest BCUT2D eigenvalue weighted by Crippen LogP contribution is -1.95. The standard InChI is InChI=1S/C5H11NOP4S/c1-3-4(2)6-12(7)5(3)11(9)10-8/h10H,8-9H2,1-2H3. The van der Waals surface area contributed by atoms with Crippen molar-refractivity contribution in [2.45, 2.75) is 13.8 Å². The van der Waals surface area contributed by atoms with E-state index in [1.165, 1.54) is 0 Å². The Balaban J connectivity index is 3.13. The third-order valence-electron chi connectivity index (χ3n) is 1.61. The van der Waals surface area contributed by atoms with Gasteiger partial charge in [-0.25, -0.2) is 0 Å². The van der Waals surface area contributed by atoms with Gasteiger partial charge in [0, 0.05) is 12.9 Å². The summed E-state index contributed by atoms with van der Waals surface area (Å²) in [5.41, 5.74) is 2.06. The molecule has 0 N–H and O–H groups in total. The van der Waals surface area contributed by atoms with E-state index in [2.05, 4.69) is 22.2 Å². The van der Waals surface area contributed by atoms with E-state index in [9.17, 15) is 4.55 Å². The fraction of sp³-hybridized carbons (Fsp3) is 0.400. The number of aryl methyl sites for hydroxylation is 1. The lowest BCUT2D eigenvalue weighted by molar-refractivity contribution is 0.592. The molecular formula is C5H11NOP4S. The van der Waals surface area contributed by atoms with Gasteiger partial charge in [0.2, 0.25) is 4.62 Å². The summed E-state index contributed by atoms with van der Waals surface area (Å²) in [6.45, 7) is 3.92. The zero-order valence-corrected chi connectivity index (χ0v) is 11.9. The first-order valence-corrected chi connectivity index (χ1v) is 11.0. The van der Waals surface area contributed by atoms with Crippen LogP contribution in [-0.2, 0) is 0 Å². The Morgan fingerprint density at radius 1 is 1.58 bits per heavy atom. The Morgan fingerprint density at radius 3 is 2.50 bits per heavy atom. The van der Waals surface area contributed by atoms with Crippen LogP contribution in [0.1, 0.15) is 11.3 Å². The van der Waals surface area contributed by atoms with Crippen molar-refractivity contribution in [3.63, 3.8) is 0 Å². The third kappa shape index (κ3) is 2.21. The number of hydrogen-bond acceptors (Lipinski definition) is 2.